The number of H-pyrrole nitrogens is 1. The molecule has 1 aromatic carbocycles. The molecule has 0 aliphatic rings. The largest absolute Gasteiger partial charge is 0.480 e. The number of pyridine rings is 1. The van der Waals surface area contributed by atoms with Crippen molar-refractivity contribution in [1.82, 2.24) is 4.98 Å². The number of aromatic amines is 1. The number of fused-ring (bicyclic) bond motifs is 1. The first-order valence-electron chi connectivity index (χ1n) is 5.08. The number of rotatable bonds is 2. The van der Waals surface area contributed by atoms with Crippen LogP contribution in [0, 0.1) is 0 Å². The van der Waals surface area contributed by atoms with E-state index in [1.54, 1.807) is 24.3 Å². The lowest BCUT2D eigenvalue weighted by Crippen LogP contribution is -2.42. The Bertz CT molecular complexity index is 643. The zero-order valence-corrected chi connectivity index (χ0v) is 9.23. The molecule has 0 saturated carbocycles. The van der Waals surface area contributed by atoms with E-state index in [1.807, 2.05) is 0 Å². The van der Waals surface area contributed by atoms with Gasteiger partial charge in [-0.3, -0.25) is 4.79 Å². The van der Waals surface area contributed by atoms with Gasteiger partial charge in [-0.25, -0.2) is 4.79 Å². The van der Waals surface area contributed by atoms with Crippen molar-refractivity contribution < 1.29 is 9.90 Å². The molecule has 5 nitrogen and oxygen atoms in total. The summed E-state index contributed by atoms with van der Waals surface area (Å²) in [7, 11) is 0. The number of nitrogens with one attached hydrogen (secondary N) is 1. The molecule has 2 rings (SSSR count). The van der Waals surface area contributed by atoms with E-state index >= 15 is 0 Å². The lowest BCUT2D eigenvalue weighted by Gasteiger charge is -2.21. The van der Waals surface area contributed by atoms with Crippen LogP contribution in [0.2, 0.25) is 0 Å². The number of hydrogen-bond acceptors (Lipinski definition) is 3. The monoisotopic (exact) mass is 232 g/mol. The Morgan fingerprint density at radius 3 is 2.71 bits per heavy atom. The number of aromatic nitrogens is 1. The van der Waals surface area contributed by atoms with Crippen LogP contribution in [0.3, 0.4) is 0 Å². The van der Waals surface area contributed by atoms with E-state index < -0.39 is 11.5 Å². The maximum atomic E-state index is 11.5. The Labute approximate surface area is 96.9 Å². The number of carboxylic acids is 1. The van der Waals surface area contributed by atoms with Crippen molar-refractivity contribution in [3.8, 4) is 0 Å². The van der Waals surface area contributed by atoms with Gasteiger partial charge in [-0.2, -0.15) is 0 Å². The van der Waals surface area contributed by atoms with E-state index in [2.05, 4.69) is 4.98 Å². The van der Waals surface area contributed by atoms with E-state index in [9.17, 15) is 9.59 Å². The molecular weight excluding hydrogens is 220 g/mol. The maximum Gasteiger partial charge on any atom is 0.328 e. The predicted octanol–water partition coefficient (Wildman–Crippen LogP) is 0.787. The van der Waals surface area contributed by atoms with Crippen molar-refractivity contribution in [2.75, 3.05) is 0 Å². The Balaban J connectivity index is 2.86. The van der Waals surface area contributed by atoms with Crippen molar-refractivity contribution in [3.63, 3.8) is 0 Å². The molecule has 2 aromatic rings. The van der Waals surface area contributed by atoms with Gasteiger partial charge in [-0.15, -0.1) is 0 Å². The van der Waals surface area contributed by atoms with Gasteiger partial charge in [0.2, 0.25) is 5.56 Å². The number of carboxylic acid groups (broad SMARTS) is 1. The predicted molar refractivity (Wildman–Crippen MR) is 63.7 cm³/mol. The SMILES string of the molecule is CC(N)(C(=O)O)c1cc(=O)[nH]c2ccccc12. The highest BCUT2D eigenvalue weighted by atomic mass is 16.4. The van der Waals surface area contributed by atoms with Crippen LogP contribution in [0.25, 0.3) is 10.9 Å². The fourth-order valence-electron chi connectivity index (χ4n) is 1.75. The smallest absolute Gasteiger partial charge is 0.328 e. The molecule has 1 atom stereocenters. The molecule has 0 amide bonds. The van der Waals surface area contributed by atoms with Crippen LogP contribution in [-0.4, -0.2) is 16.1 Å². The topological polar surface area (TPSA) is 96.2 Å². The third kappa shape index (κ3) is 1.81. The molecule has 0 fully saturated rings. The average Bonchev–Trinajstić information content (AvgIpc) is 2.27. The van der Waals surface area contributed by atoms with Gasteiger partial charge in [-0.05, 0) is 18.6 Å². The fraction of sp³-hybridized carbons (Fsp3) is 0.167. The molecule has 88 valence electrons. The Morgan fingerprint density at radius 1 is 1.41 bits per heavy atom. The quantitative estimate of drug-likeness (QED) is 0.713. The van der Waals surface area contributed by atoms with Gasteiger partial charge in [0.05, 0.1) is 0 Å². The van der Waals surface area contributed by atoms with Crippen LogP contribution < -0.4 is 11.3 Å². The van der Waals surface area contributed by atoms with Crippen LogP contribution in [0.1, 0.15) is 12.5 Å². The lowest BCUT2D eigenvalue weighted by molar-refractivity contribution is -0.142. The highest BCUT2D eigenvalue weighted by molar-refractivity contribution is 5.90. The number of para-hydroxylation sites is 1. The van der Waals surface area contributed by atoms with E-state index in [0.717, 1.165) is 0 Å². The second-order valence-corrected chi connectivity index (χ2v) is 4.10. The molecule has 0 spiro atoms. The molecule has 1 heterocycles. The van der Waals surface area contributed by atoms with E-state index in [1.165, 1.54) is 13.0 Å². The van der Waals surface area contributed by atoms with Crippen molar-refractivity contribution in [2.24, 2.45) is 5.73 Å². The molecule has 4 N–H and O–H groups in total. The summed E-state index contributed by atoms with van der Waals surface area (Å²) >= 11 is 0. The van der Waals surface area contributed by atoms with E-state index in [0.29, 0.717) is 16.5 Å². The molecule has 0 saturated heterocycles. The van der Waals surface area contributed by atoms with Crippen LogP contribution in [0.4, 0.5) is 0 Å². The third-order valence-corrected chi connectivity index (χ3v) is 2.75. The summed E-state index contributed by atoms with van der Waals surface area (Å²) in [6.45, 7) is 1.37. The Morgan fingerprint density at radius 2 is 2.06 bits per heavy atom. The number of carbonyl (C=O) groups is 1. The van der Waals surface area contributed by atoms with Gasteiger partial charge in [0, 0.05) is 17.0 Å². The summed E-state index contributed by atoms with van der Waals surface area (Å²) in [6, 6.07) is 8.20. The third-order valence-electron chi connectivity index (χ3n) is 2.75. The average molecular weight is 232 g/mol. The Hall–Kier alpha value is -2.14. The first kappa shape index (κ1) is 11.3. The minimum absolute atomic E-state index is 0.310. The zero-order valence-electron chi connectivity index (χ0n) is 9.23. The highest BCUT2D eigenvalue weighted by Crippen LogP contribution is 2.24. The van der Waals surface area contributed by atoms with Gasteiger partial charge < -0.3 is 15.8 Å². The molecule has 1 aromatic heterocycles. The molecule has 5 heteroatoms. The molecule has 0 bridgehead atoms. The van der Waals surface area contributed by atoms with Crippen molar-refractivity contribution in [3.05, 3.63) is 46.2 Å². The minimum atomic E-state index is -1.59. The number of benzene rings is 1. The van der Waals surface area contributed by atoms with Gasteiger partial charge in [-0.1, -0.05) is 18.2 Å². The number of aliphatic carboxylic acids is 1. The summed E-state index contributed by atoms with van der Waals surface area (Å²) in [5.74, 6) is -1.17. The summed E-state index contributed by atoms with van der Waals surface area (Å²) in [6.07, 6.45) is 0. The summed E-state index contributed by atoms with van der Waals surface area (Å²) < 4.78 is 0. The summed E-state index contributed by atoms with van der Waals surface area (Å²) in [5.41, 5.74) is 4.70. The first-order valence-corrected chi connectivity index (χ1v) is 5.08. The zero-order chi connectivity index (χ0) is 12.6. The van der Waals surface area contributed by atoms with Gasteiger partial charge >= 0.3 is 5.97 Å². The number of nitrogens with two attached hydrogens (primary N) is 1. The molecule has 0 aliphatic carbocycles. The standard InChI is InChI=1S/C12H12N2O3/c1-12(13,11(16)17)8-6-10(15)14-9-5-3-2-4-7(8)9/h2-6H,13H2,1H3,(H,14,15)(H,16,17). The molecule has 1 unspecified atom stereocenters. The second kappa shape index (κ2) is 3.71. The first-order chi connectivity index (χ1) is 7.93. The molecule has 0 radical (unpaired) electrons. The summed E-state index contributed by atoms with van der Waals surface area (Å²) in [5, 5.41) is 9.75. The van der Waals surface area contributed by atoms with Crippen LogP contribution in [0.15, 0.2) is 35.1 Å². The van der Waals surface area contributed by atoms with Crippen molar-refractivity contribution in [1.29, 1.82) is 0 Å². The fourth-order valence-corrected chi connectivity index (χ4v) is 1.75. The van der Waals surface area contributed by atoms with E-state index in [-0.39, 0.29) is 5.56 Å². The van der Waals surface area contributed by atoms with E-state index in [4.69, 9.17) is 10.8 Å². The minimum Gasteiger partial charge on any atom is -0.480 e. The molecular formula is C12H12N2O3. The Kier molecular flexibility index (Phi) is 2.48. The molecule has 0 aliphatic heterocycles. The highest BCUT2D eigenvalue weighted by Gasteiger charge is 2.32. The normalized spacial score (nSPS) is 14.5. The van der Waals surface area contributed by atoms with Crippen molar-refractivity contribution in [2.45, 2.75) is 12.5 Å². The lowest BCUT2D eigenvalue weighted by atomic mass is 9.90. The van der Waals surface area contributed by atoms with Crippen molar-refractivity contribution >= 4 is 16.9 Å². The summed E-state index contributed by atoms with van der Waals surface area (Å²) in [4.78, 5) is 25.2. The number of hydrogen-bond donors (Lipinski definition) is 3. The van der Waals surface area contributed by atoms with Crippen LogP contribution in [0.5, 0.6) is 0 Å². The van der Waals surface area contributed by atoms with Gasteiger partial charge in [0.15, 0.2) is 0 Å². The van der Waals surface area contributed by atoms with Gasteiger partial charge in [0.25, 0.3) is 0 Å². The van der Waals surface area contributed by atoms with Gasteiger partial charge in [0.1, 0.15) is 5.54 Å². The molecule has 17 heavy (non-hydrogen) atoms. The van der Waals surface area contributed by atoms with Crippen LogP contribution >= 0.6 is 0 Å². The maximum absolute atomic E-state index is 11.5. The second-order valence-electron chi connectivity index (χ2n) is 4.10. The van der Waals surface area contributed by atoms with Crippen LogP contribution in [-0.2, 0) is 10.3 Å².